The maximum Gasteiger partial charge on any atom is 0.324 e. The third-order valence-corrected chi connectivity index (χ3v) is 3.96. The number of hydrogen-bond donors (Lipinski definition) is 2. The number of nitrogens with zero attached hydrogens (tertiary/aromatic N) is 1. The number of aliphatic hydroxyl groups is 1. The Hall–Kier alpha value is -1.58. The van der Waals surface area contributed by atoms with E-state index in [9.17, 15) is 22.9 Å². The fourth-order valence-electron chi connectivity index (χ4n) is 1.34. The van der Waals surface area contributed by atoms with Crippen LogP contribution in [0.1, 0.15) is 13.8 Å². The summed E-state index contributed by atoms with van der Waals surface area (Å²) in [5.41, 5.74) is -2.34. The summed E-state index contributed by atoms with van der Waals surface area (Å²) in [4.78, 5) is 8.87. The van der Waals surface area contributed by atoms with Gasteiger partial charge in [0.15, 0.2) is 4.90 Å². The van der Waals surface area contributed by atoms with E-state index in [0.717, 1.165) is 18.2 Å². The van der Waals surface area contributed by atoms with E-state index < -0.39 is 43.5 Å². The molecule has 19 heavy (non-hydrogen) atoms. The lowest BCUT2D eigenvalue weighted by Gasteiger charge is -2.23. The molecule has 0 aromatic heterocycles. The van der Waals surface area contributed by atoms with Crippen LogP contribution >= 0.6 is 0 Å². The number of sulfonamides is 1. The van der Waals surface area contributed by atoms with E-state index in [4.69, 9.17) is 5.11 Å². The van der Waals surface area contributed by atoms with Crippen molar-refractivity contribution in [2.75, 3.05) is 6.61 Å². The minimum atomic E-state index is -4.32. The molecule has 0 aliphatic rings. The zero-order valence-electron chi connectivity index (χ0n) is 10.3. The number of aliphatic hydroxyl groups excluding tert-OH is 1. The molecule has 0 fully saturated rings. The third-order valence-electron chi connectivity index (χ3n) is 2.23. The zero-order valence-corrected chi connectivity index (χ0v) is 11.1. The van der Waals surface area contributed by atoms with Crippen molar-refractivity contribution in [1.29, 1.82) is 0 Å². The molecule has 0 atom stereocenters. The van der Waals surface area contributed by atoms with Crippen molar-refractivity contribution in [3.05, 3.63) is 34.1 Å². The van der Waals surface area contributed by atoms with E-state index in [1.165, 1.54) is 13.8 Å². The number of nitro benzene ring substituents is 1. The van der Waals surface area contributed by atoms with Crippen LogP contribution in [0.15, 0.2) is 23.1 Å². The van der Waals surface area contributed by atoms with Crippen LogP contribution in [0.4, 0.5) is 10.1 Å². The summed E-state index contributed by atoms with van der Waals surface area (Å²) in [6.07, 6.45) is 0. The van der Waals surface area contributed by atoms with E-state index in [0.29, 0.717) is 0 Å². The first-order valence-corrected chi connectivity index (χ1v) is 6.67. The highest BCUT2D eigenvalue weighted by molar-refractivity contribution is 7.89. The molecule has 1 aromatic rings. The van der Waals surface area contributed by atoms with Crippen molar-refractivity contribution >= 4 is 15.7 Å². The highest BCUT2D eigenvalue weighted by Gasteiger charge is 2.33. The fraction of sp³-hybridized carbons (Fsp3) is 0.400. The Kier molecular flexibility index (Phi) is 4.23. The predicted octanol–water partition coefficient (Wildman–Crippen LogP) is 0.783. The molecule has 0 amide bonds. The maximum atomic E-state index is 13.4. The SMILES string of the molecule is CC(C)(CO)NS(=O)(=O)c1cccc(F)c1[N+](=O)[O-]. The number of halogens is 1. The molecule has 1 rings (SSSR count). The lowest BCUT2D eigenvalue weighted by Crippen LogP contribution is -2.46. The lowest BCUT2D eigenvalue weighted by atomic mass is 10.1. The van der Waals surface area contributed by atoms with E-state index in [1.807, 2.05) is 0 Å². The molecule has 2 N–H and O–H groups in total. The van der Waals surface area contributed by atoms with Gasteiger partial charge in [0, 0.05) is 0 Å². The second-order valence-electron chi connectivity index (χ2n) is 4.49. The smallest absolute Gasteiger partial charge is 0.324 e. The Morgan fingerprint density at radius 3 is 2.53 bits per heavy atom. The van der Waals surface area contributed by atoms with Gasteiger partial charge < -0.3 is 5.11 Å². The second-order valence-corrected chi connectivity index (χ2v) is 6.14. The minimum absolute atomic E-state index is 0.519. The number of nitro groups is 1. The van der Waals surface area contributed by atoms with Crippen LogP contribution in [0.25, 0.3) is 0 Å². The number of rotatable bonds is 5. The normalized spacial score (nSPS) is 12.4. The van der Waals surface area contributed by atoms with Crippen LogP contribution in [0.2, 0.25) is 0 Å². The average molecular weight is 292 g/mol. The van der Waals surface area contributed by atoms with E-state index in [2.05, 4.69) is 4.72 Å². The van der Waals surface area contributed by atoms with Gasteiger partial charge in [-0.15, -0.1) is 0 Å². The lowest BCUT2D eigenvalue weighted by molar-refractivity contribution is -0.390. The molecule has 0 unspecified atom stereocenters. The van der Waals surface area contributed by atoms with Gasteiger partial charge >= 0.3 is 5.69 Å². The van der Waals surface area contributed by atoms with Gasteiger partial charge in [0.1, 0.15) is 0 Å². The average Bonchev–Trinajstić information content (AvgIpc) is 2.27. The van der Waals surface area contributed by atoms with Crippen LogP contribution < -0.4 is 4.72 Å². The topological polar surface area (TPSA) is 110 Å². The Balaban J connectivity index is 3.38. The van der Waals surface area contributed by atoms with Gasteiger partial charge in [-0.3, -0.25) is 10.1 Å². The molecule has 0 aliphatic carbocycles. The summed E-state index contributed by atoms with van der Waals surface area (Å²) in [6, 6.07) is 2.79. The monoisotopic (exact) mass is 292 g/mol. The highest BCUT2D eigenvalue weighted by Crippen LogP contribution is 2.27. The quantitative estimate of drug-likeness (QED) is 0.615. The molecule has 0 radical (unpaired) electrons. The molecule has 0 bridgehead atoms. The van der Waals surface area contributed by atoms with Gasteiger partial charge in [-0.25, -0.2) is 13.1 Å². The Labute approximate surface area is 109 Å². The van der Waals surface area contributed by atoms with Gasteiger partial charge in [0.25, 0.3) is 0 Å². The molecule has 106 valence electrons. The zero-order chi connectivity index (χ0) is 14.8. The molecule has 0 spiro atoms. The molecule has 1 aromatic carbocycles. The summed E-state index contributed by atoms with van der Waals surface area (Å²) >= 11 is 0. The van der Waals surface area contributed by atoms with Gasteiger partial charge in [0.05, 0.1) is 17.1 Å². The first kappa shape index (κ1) is 15.5. The van der Waals surface area contributed by atoms with Crippen LogP contribution in [-0.4, -0.2) is 30.6 Å². The molecular formula is C10H13FN2O5S. The third kappa shape index (κ3) is 3.46. The van der Waals surface area contributed by atoms with Crippen molar-refractivity contribution in [2.24, 2.45) is 0 Å². The summed E-state index contributed by atoms with van der Waals surface area (Å²) in [7, 11) is -4.32. The van der Waals surface area contributed by atoms with Gasteiger partial charge in [0.2, 0.25) is 15.8 Å². The van der Waals surface area contributed by atoms with Crippen molar-refractivity contribution in [2.45, 2.75) is 24.3 Å². The Morgan fingerprint density at radius 2 is 2.05 bits per heavy atom. The molecule has 0 saturated carbocycles. The number of nitrogens with one attached hydrogen (secondary N) is 1. The molecule has 9 heteroatoms. The predicted molar refractivity (Wildman–Crippen MR) is 64.5 cm³/mol. The van der Waals surface area contributed by atoms with Crippen molar-refractivity contribution in [3.8, 4) is 0 Å². The largest absolute Gasteiger partial charge is 0.394 e. The highest BCUT2D eigenvalue weighted by atomic mass is 32.2. The summed E-state index contributed by atoms with van der Waals surface area (Å²) in [6.45, 7) is 2.25. The Morgan fingerprint density at radius 1 is 1.47 bits per heavy atom. The minimum Gasteiger partial charge on any atom is -0.394 e. The van der Waals surface area contributed by atoms with Crippen molar-refractivity contribution in [1.82, 2.24) is 4.72 Å². The van der Waals surface area contributed by atoms with Crippen molar-refractivity contribution in [3.63, 3.8) is 0 Å². The Bertz CT molecular complexity index is 600. The molecule has 0 saturated heterocycles. The number of para-hydroxylation sites is 1. The van der Waals surface area contributed by atoms with Crippen molar-refractivity contribution < 1.29 is 22.8 Å². The summed E-state index contributed by atoms with van der Waals surface area (Å²) < 4.78 is 39.4. The van der Waals surface area contributed by atoms with Crippen LogP contribution in [0.3, 0.4) is 0 Å². The van der Waals surface area contributed by atoms with Gasteiger partial charge in [-0.2, -0.15) is 4.39 Å². The standard InChI is InChI=1S/C10H13FN2O5S/c1-10(2,6-14)12-19(17,18)8-5-3-4-7(11)9(8)13(15)16/h3-5,12,14H,6H2,1-2H3. The number of benzene rings is 1. The van der Waals surface area contributed by atoms with Crippen LogP contribution in [0, 0.1) is 15.9 Å². The summed E-state index contributed by atoms with van der Waals surface area (Å²) in [5.74, 6) is -1.24. The van der Waals surface area contributed by atoms with Gasteiger partial charge in [-0.05, 0) is 26.0 Å². The molecule has 7 nitrogen and oxygen atoms in total. The maximum absolute atomic E-state index is 13.4. The number of hydrogen-bond acceptors (Lipinski definition) is 5. The van der Waals surface area contributed by atoms with E-state index in [-0.39, 0.29) is 0 Å². The molecule has 0 heterocycles. The van der Waals surface area contributed by atoms with Crippen LogP contribution in [0.5, 0.6) is 0 Å². The molecular weight excluding hydrogens is 279 g/mol. The van der Waals surface area contributed by atoms with E-state index >= 15 is 0 Å². The van der Waals surface area contributed by atoms with Crippen LogP contribution in [-0.2, 0) is 10.0 Å². The fourth-order valence-corrected chi connectivity index (χ4v) is 2.93. The molecule has 0 aliphatic heterocycles. The summed E-state index contributed by atoms with van der Waals surface area (Å²) in [5, 5.41) is 19.8. The van der Waals surface area contributed by atoms with E-state index in [1.54, 1.807) is 0 Å². The van der Waals surface area contributed by atoms with Gasteiger partial charge in [-0.1, -0.05) is 6.07 Å². The first-order chi connectivity index (χ1) is 8.60. The second kappa shape index (κ2) is 5.19. The first-order valence-electron chi connectivity index (χ1n) is 5.18.